The van der Waals surface area contributed by atoms with E-state index in [-0.39, 0.29) is 0 Å². The SMILES string of the molecule is Cc1c(-c2ccc(C#N)cc2)nn(C2CCC2)c1N. The van der Waals surface area contributed by atoms with E-state index >= 15 is 0 Å². The average Bonchev–Trinajstić information content (AvgIpc) is 2.66. The summed E-state index contributed by atoms with van der Waals surface area (Å²) in [6.45, 7) is 2.00. The Hall–Kier alpha value is -2.28. The fraction of sp³-hybridized carbons (Fsp3) is 0.333. The van der Waals surface area contributed by atoms with Crippen LogP contribution in [0, 0.1) is 18.3 Å². The smallest absolute Gasteiger partial charge is 0.125 e. The highest BCUT2D eigenvalue weighted by Crippen LogP contribution is 2.36. The van der Waals surface area contributed by atoms with Gasteiger partial charge in [0.1, 0.15) is 5.82 Å². The van der Waals surface area contributed by atoms with Crippen LogP contribution < -0.4 is 5.73 Å². The molecule has 1 aromatic carbocycles. The van der Waals surface area contributed by atoms with Crippen LogP contribution in [-0.4, -0.2) is 9.78 Å². The first-order chi connectivity index (χ1) is 9.20. The minimum absolute atomic E-state index is 0.464. The first-order valence-electron chi connectivity index (χ1n) is 6.56. The van der Waals surface area contributed by atoms with Crippen LogP contribution in [0.3, 0.4) is 0 Å². The molecule has 0 saturated heterocycles. The van der Waals surface area contributed by atoms with Gasteiger partial charge in [-0.3, -0.25) is 0 Å². The third-order valence-corrected chi connectivity index (χ3v) is 3.90. The average molecular weight is 252 g/mol. The highest BCUT2D eigenvalue weighted by atomic mass is 15.3. The second kappa shape index (κ2) is 4.43. The van der Waals surface area contributed by atoms with E-state index in [0.717, 1.165) is 35.5 Å². The predicted molar refractivity (Wildman–Crippen MR) is 74.4 cm³/mol. The molecule has 0 bridgehead atoms. The van der Waals surface area contributed by atoms with Gasteiger partial charge in [-0.1, -0.05) is 12.1 Å². The third-order valence-electron chi connectivity index (χ3n) is 3.90. The van der Waals surface area contributed by atoms with E-state index < -0.39 is 0 Å². The van der Waals surface area contributed by atoms with E-state index in [2.05, 4.69) is 11.2 Å². The number of benzene rings is 1. The summed E-state index contributed by atoms with van der Waals surface area (Å²) in [4.78, 5) is 0. The third kappa shape index (κ3) is 1.88. The van der Waals surface area contributed by atoms with Crippen molar-refractivity contribution in [1.82, 2.24) is 9.78 Å². The van der Waals surface area contributed by atoms with Gasteiger partial charge in [0.25, 0.3) is 0 Å². The molecule has 2 aromatic rings. The van der Waals surface area contributed by atoms with Crippen molar-refractivity contribution in [2.75, 3.05) is 5.73 Å². The Morgan fingerprint density at radius 3 is 2.53 bits per heavy atom. The van der Waals surface area contributed by atoms with Gasteiger partial charge in [-0.2, -0.15) is 10.4 Å². The number of anilines is 1. The van der Waals surface area contributed by atoms with Gasteiger partial charge in [0, 0.05) is 11.1 Å². The van der Waals surface area contributed by atoms with Crippen molar-refractivity contribution >= 4 is 5.82 Å². The van der Waals surface area contributed by atoms with E-state index in [1.54, 1.807) is 0 Å². The lowest BCUT2D eigenvalue weighted by Gasteiger charge is -2.26. The summed E-state index contributed by atoms with van der Waals surface area (Å²) >= 11 is 0. The maximum atomic E-state index is 8.82. The molecule has 96 valence electrons. The van der Waals surface area contributed by atoms with Gasteiger partial charge in [-0.15, -0.1) is 0 Å². The van der Waals surface area contributed by atoms with E-state index in [1.807, 2.05) is 35.9 Å². The summed E-state index contributed by atoms with van der Waals surface area (Å²) in [5.41, 5.74) is 9.78. The summed E-state index contributed by atoms with van der Waals surface area (Å²) in [6, 6.07) is 10.1. The van der Waals surface area contributed by atoms with Gasteiger partial charge >= 0.3 is 0 Å². The molecular weight excluding hydrogens is 236 g/mol. The number of hydrogen-bond acceptors (Lipinski definition) is 3. The molecular formula is C15H16N4. The first kappa shape index (κ1) is 11.8. The summed E-state index contributed by atoms with van der Waals surface area (Å²) in [5, 5.41) is 13.5. The van der Waals surface area contributed by atoms with Crippen LogP contribution in [-0.2, 0) is 0 Å². The van der Waals surface area contributed by atoms with Crippen LogP contribution >= 0.6 is 0 Å². The van der Waals surface area contributed by atoms with Crippen molar-refractivity contribution in [3.8, 4) is 17.3 Å². The molecule has 1 aromatic heterocycles. The highest BCUT2D eigenvalue weighted by Gasteiger charge is 2.24. The molecule has 19 heavy (non-hydrogen) atoms. The zero-order valence-electron chi connectivity index (χ0n) is 10.9. The van der Waals surface area contributed by atoms with Crippen molar-refractivity contribution in [3.63, 3.8) is 0 Å². The molecule has 1 saturated carbocycles. The molecule has 1 aliphatic carbocycles. The lowest BCUT2D eigenvalue weighted by Crippen LogP contribution is -2.19. The van der Waals surface area contributed by atoms with Crippen molar-refractivity contribution in [1.29, 1.82) is 5.26 Å². The predicted octanol–water partition coefficient (Wildman–Crippen LogP) is 3.04. The Morgan fingerprint density at radius 2 is 2.00 bits per heavy atom. The van der Waals surface area contributed by atoms with Crippen LogP contribution in [0.2, 0.25) is 0 Å². The maximum Gasteiger partial charge on any atom is 0.125 e. The fourth-order valence-corrected chi connectivity index (χ4v) is 2.42. The lowest BCUT2D eigenvalue weighted by molar-refractivity contribution is 0.293. The van der Waals surface area contributed by atoms with E-state index in [9.17, 15) is 0 Å². The van der Waals surface area contributed by atoms with Crippen molar-refractivity contribution in [2.24, 2.45) is 0 Å². The standard InChI is InChI=1S/C15H16N4/c1-10-14(12-7-5-11(9-16)6-8-12)18-19(15(10)17)13-3-2-4-13/h5-8,13H,2-4,17H2,1H3. The zero-order valence-corrected chi connectivity index (χ0v) is 10.9. The summed E-state index contributed by atoms with van der Waals surface area (Å²) in [5.74, 6) is 0.768. The minimum Gasteiger partial charge on any atom is -0.384 e. The molecule has 0 amide bonds. The van der Waals surface area contributed by atoms with Gasteiger partial charge < -0.3 is 5.73 Å². The number of nitrogens with zero attached hydrogens (tertiary/aromatic N) is 3. The summed E-state index contributed by atoms with van der Waals surface area (Å²) < 4.78 is 1.96. The molecule has 1 fully saturated rings. The molecule has 0 aliphatic heterocycles. The second-order valence-corrected chi connectivity index (χ2v) is 5.08. The maximum absolute atomic E-state index is 8.82. The van der Waals surface area contributed by atoms with Crippen LogP contribution in [0.25, 0.3) is 11.3 Å². The Kier molecular flexibility index (Phi) is 2.75. The van der Waals surface area contributed by atoms with E-state index in [4.69, 9.17) is 11.0 Å². The monoisotopic (exact) mass is 252 g/mol. The topological polar surface area (TPSA) is 67.6 Å². The number of nitriles is 1. The molecule has 1 heterocycles. The molecule has 0 radical (unpaired) electrons. The van der Waals surface area contributed by atoms with Gasteiger partial charge in [-0.25, -0.2) is 4.68 Å². The molecule has 3 rings (SSSR count). The van der Waals surface area contributed by atoms with Crippen LogP contribution in [0.4, 0.5) is 5.82 Å². The number of aromatic nitrogens is 2. The highest BCUT2D eigenvalue weighted by molar-refractivity contribution is 5.68. The molecule has 1 aliphatic rings. The van der Waals surface area contributed by atoms with Crippen LogP contribution in [0.1, 0.15) is 36.4 Å². The Balaban J connectivity index is 2.02. The minimum atomic E-state index is 0.464. The molecule has 2 N–H and O–H groups in total. The molecule has 0 atom stereocenters. The number of rotatable bonds is 2. The largest absolute Gasteiger partial charge is 0.384 e. The Bertz CT molecular complexity index is 642. The molecule has 4 nitrogen and oxygen atoms in total. The Labute approximate surface area is 112 Å². The first-order valence-corrected chi connectivity index (χ1v) is 6.56. The summed E-state index contributed by atoms with van der Waals surface area (Å²) in [6.07, 6.45) is 3.59. The van der Waals surface area contributed by atoms with Gasteiger partial charge in [0.2, 0.25) is 0 Å². The second-order valence-electron chi connectivity index (χ2n) is 5.08. The Morgan fingerprint density at radius 1 is 1.32 bits per heavy atom. The van der Waals surface area contributed by atoms with Crippen molar-refractivity contribution < 1.29 is 0 Å². The molecule has 4 heteroatoms. The van der Waals surface area contributed by atoms with Crippen LogP contribution in [0.5, 0.6) is 0 Å². The summed E-state index contributed by atoms with van der Waals surface area (Å²) in [7, 11) is 0. The van der Waals surface area contributed by atoms with E-state index in [1.165, 1.54) is 6.42 Å². The normalized spacial score (nSPS) is 14.9. The lowest BCUT2D eigenvalue weighted by atomic mass is 9.93. The number of nitrogen functional groups attached to an aromatic ring is 1. The number of hydrogen-bond donors (Lipinski definition) is 1. The van der Waals surface area contributed by atoms with Gasteiger partial charge in [0.05, 0.1) is 23.4 Å². The van der Waals surface area contributed by atoms with E-state index in [0.29, 0.717) is 11.6 Å². The van der Waals surface area contributed by atoms with Crippen molar-refractivity contribution in [2.45, 2.75) is 32.2 Å². The van der Waals surface area contributed by atoms with Crippen LogP contribution in [0.15, 0.2) is 24.3 Å². The quantitative estimate of drug-likeness (QED) is 0.893. The van der Waals surface area contributed by atoms with Gasteiger partial charge in [-0.05, 0) is 38.3 Å². The zero-order chi connectivity index (χ0) is 13.4. The number of nitrogens with two attached hydrogens (primary N) is 1. The van der Waals surface area contributed by atoms with Gasteiger partial charge in [0.15, 0.2) is 0 Å². The molecule has 0 spiro atoms. The fourth-order valence-electron chi connectivity index (χ4n) is 2.42. The van der Waals surface area contributed by atoms with Crippen molar-refractivity contribution in [3.05, 3.63) is 35.4 Å². The molecule has 0 unspecified atom stereocenters.